The van der Waals surface area contributed by atoms with Gasteiger partial charge in [0.1, 0.15) is 5.82 Å². The van der Waals surface area contributed by atoms with E-state index in [1.807, 2.05) is 12.1 Å². The van der Waals surface area contributed by atoms with Crippen LogP contribution in [0.5, 0.6) is 0 Å². The van der Waals surface area contributed by atoms with Crippen LogP contribution in [0.2, 0.25) is 0 Å². The van der Waals surface area contributed by atoms with E-state index >= 15 is 0 Å². The van der Waals surface area contributed by atoms with Gasteiger partial charge in [0.15, 0.2) is 0 Å². The SMILES string of the molecule is Fc1cccc(CBr)c1N1CCC2(CCCCC2)CC1. The molecule has 1 aliphatic heterocycles. The van der Waals surface area contributed by atoms with Crippen LogP contribution in [0.25, 0.3) is 0 Å². The molecule has 0 unspecified atom stereocenters. The second-order valence-electron chi connectivity index (χ2n) is 6.43. The van der Waals surface area contributed by atoms with Gasteiger partial charge in [0.2, 0.25) is 0 Å². The Bertz CT molecular complexity index is 458. The summed E-state index contributed by atoms with van der Waals surface area (Å²) in [4.78, 5) is 2.27. The summed E-state index contributed by atoms with van der Waals surface area (Å²) in [5.41, 5.74) is 2.48. The molecule has 1 heterocycles. The van der Waals surface area contributed by atoms with E-state index in [4.69, 9.17) is 0 Å². The molecule has 1 saturated heterocycles. The summed E-state index contributed by atoms with van der Waals surface area (Å²) in [6, 6.07) is 5.42. The van der Waals surface area contributed by atoms with Crippen LogP contribution in [-0.2, 0) is 5.33 Å². The lowest BCUT2D eigenvalue weighted by molar-refractivity contribution is 0.144. The summed E-state index contributed by atoms with van der Waals surface area (Å²) in [7, 11) is 0. The molecule has 0 N–H and O–H groups in total. The van der Waals surface area contributed by atoms with E-state index in [-0.39, 0.29) is 5.82 Å². The molecule has 20 heavy (non-hydrogen) atoms. The van der Waals surface area contributed by atoms with Gasteiger partial charge < -0.3 is 4.90 Å². The average Bonchev–Trinajstić information content (AvgIpc) is 2.49. The first-order chi connectivity index (χ1) is 9.74. The smallest absolute Gasteiger partial charge is 0.146 e. The third kappa shape index (κ3) is 2.74. The molecule has 2 aliphatic rings. The Morgan fingerprint density at radius 1 is 1.05 bits per heavy atom. The summed E-state index contributed by atoms with van der Waals surface area (Å²) in [5.74, 6) is -0.0680. The lowest BCUT2D eigenvalue weighted by Gasteiger charge is -2.45. The molecular weight excluding hydrogens is 317 g/mol. The maximum absolute atomic E-state index is 14.2. The zero-order valence-electron chi connectivity index (χ0n) is 12.0. The van der Waals surface area contributed by atoms with Gasteiger partial charge in [0, 0.05) is 18.4 Å². The van der Waals surface area contributed by atoms with E-state index < -0.39 is 0 Å². The van der Waals surface area contributed by atoms with E-state index in [1.54, 1.807) is 6.07 Å². The Morgan fingerprint density at radius 3 is 2.40 bits per heavy atom. The molecule has 1 aromatic carbocycles. The second-order valence-corrected chi connectivity index (χ2v) is 6.99. The van der Waals surface area contributed by atoms with Crippen LogP contribution in [-0.4, -0.2) is 13.1 Å². The highest BCUT2D eigenvalue weighted by Gasteiger charge is 2.36. The van der Waals surface area contributed by atoms with Crippen molar-refractivity contribution in [3.8, 4) is 0 Å². The van der Waals surface area contributed by atoms with Crippen LogP contribution in [0.3, 0.4) is 0 Å². The number of para-hydroxylation sites is 1. The normalized spacial score (nSPS) is 22.2. The standard InChI is InChI=1S/C17H23BrFN/c18-13-14-5-4-6-15(19)16(14)20-11-9-17(10-12-20)7-2-1-3-8-17/h4-6H,1-3,7-13H2. The molecule has 0 atom stereocenters. The first-order valence-electron chi connectivity index (χ1n) is 7.82. The molecule has 0 aromatic heterocycles. The first kappa shape index (κ1) is 14.4. The van der Waals surface area contributed by atoms with E-state index in [2.05, 4.69) is 20.8 Å². The molecule has 1 aromatic rings. The van der Waals surface area contributed by atoms with Gasteiger partial charge in [-0.25, -0.2) is 4.39 Å². The van der Waals surface area contributed by atoms with E-state index in [0.29, 0.717) is 5.41 Å². The average molecular weight is 340 g/mol. The molecule has 3 rings (SSSR count). The van der Waals surface area contributed by atoms with Crippen molar-refractivity contribution in [2.24, 2.45) is 5.41 Å². The Kier molecular flexibility index (Phi) is 4.34. The number of hydrogen-bond acceptors (Lipinski definition) is 1. The molecule has 110 valence electrons. The molecule has 1 saturated carbocycles. The molecule has 3 heteroatoms. The van der Waals surface area contributed by atoms with Crippen LogP contribution in [0.1, 0.15) is 50.5 Å². The summed E-state index contributed by atoms with van der Waals surface area (Å²) < 4.78 is 14.2. The third-order valence-electron chi connectivity index (χ3n) is 5.27. The minimum atomic E-state index is -0.0680. The van der Waals surface area contributed by atoms with Gasteiger partial charge in [-0.1, -0.05) is 47.3 Å². The predicted octanol–water partition coefficient (Wildman–Crippen LogP) is 5.27. The minimum Gasteiger partial charge on any atom is -0.369 e. The Hall–Kier alpha value is -0.570. The molecule has 0 bridgehead atoms. The van der Waals surface area contributed by atoms with Crippen molar-refractivity contribution >= 4 is 21.6 Å². The molecule has 0 amide bonds. The molecule has 1 nitrogen and oxygen atoms in total. The van der Waals surface area contributed by atoms with Gasteiger partial charge in [-0.3, -0.25) is 0 Å². The Labute approximate surface area is 129 Å². The lowest BCUT2D eigenvalue weighted by atomic mass is 9.68. The maximum atomic E-state index is 14.2. The highest BCUT2D eigenvalue weighted by molar-refractivity contribution is 9.08. The van der Waals surface area contributed by atoms with Gasteiger partial charge in [0.25, 0.3) is 0 Å². The Balaban J connectivity index is 1.75. The lowest BCUT2D eigenvalue weighted by Crippen LogP contribution is -2.41. The number of piperidine rings is 1. The van der Waals surface area contributed by atoms with Crippen molar-refractivity contribution < 1.29 is 4.39 Å². The molecule has 1 spiro atoms. The van der Waals surface area contributed by atoms with Crippen LogP contribution in [0.15, 0.2) is 18.2 Å². The van der Waals surface area contributed by atoms with Crippen molar-refractivity contribution in [1.29, 1.82) is 0 Å². The van der Waals surface area contributed by atoms with Crippen molar-refractivity contribution in [3.05, 3.63) is 29.6 Å². The van der Waals surface area contributed by atoms with E-state index in [1.165, 1.54) is 44.9 Å². The number of alkyl halides is 1. The summed E-state index contributed by atoms with van der Waals surface area (Å²) >= 11 is 3.49. The predicted molar refractivity (Wildman–Crippen MR) is 86.0 cm³/mol. The number of halogens is 2. The largest absolute Gasteiger partial charge is 0.369 e. The number of rotatable bonds is 2. The summed E-state index contributed by atoms with van der Waals surface area (Å²) in [6.45, 7) is 2.03. The van der Waals surface area contributed by atoms with Crippen LogP contribution >= 0.6 is 15.9 Å². The van der Waals surface area contributed by atoms with Gasteiger partial charge >= 0.3 is 0 Å². The number of nitrogens with zero attached hydrogens (tertiary/aromatic N) is 1. The number of benzene rings is 1. The van der Waals surface area contributed by atoms with Crippen molar-refractivity contribution in [2.75, 3.05) is 18.0 Å². The number of hydrogen-bond donors (Lipinski definition) is 0. The van der Waals surface area contributed by atoms with Crippen molar-refractivity contribution in [3.63, 3.8) is 0 Å². The molecule has 0 radical (unpaired) electrons. The van der Waals surface area contributed by atoms with Crippen LogP contribution < -0.4 is 4.90 Å². The molecular formula is C17H23BrFN. The Morgan fingerprint density at radius 2 is 1.75 bits per heavy atom. The highest BCUT2D eigenvalue weighted by Crippen LogP contribution is 2.45. The quantitative estimate of drug-likeness (QED) is 0.663. The maximum Gasteiger partial charge on any atom is 0.146 e. The molecule has 2 fully saturated rings. The van der Waals surface area contributed by atoms with Gasteiger partial charge in [-0.05, 0) is 42.7 Å². The van der Waals surface area contributed by atoms with Gasteiger partial charge in [0.05, 0.1) is 5.69 Å². The van der Waals surface area contributed by atoms with Crippen LogP contribution in [0.4, 0.5) is 10.1 Å². The summed E-state index contributed by atoms with van der Waals surface area (Å²) in [6.07, 6.45) is 9.46. The fraction of sp³-hybridized carbons (Fsp3) is 0.647. The fourth-order valence-electron chi connectivity index (χ4n) is 4.03. The summed E-state index contributed by atoms with van der Waals surface area (Å²) in [5, 5.41) is 0.724. The minimum absolute atomic E-state index is 0.0680. The van der Waals surface area contributed by atoms with E-state index in [0.717, 1.165) is 29.7 Å². The van der Waals surface area contributed by atoms with Gasteiger partial charge in [-0.15, -0.1) is 0 Å². The fourth-order valence-corrected chi connectivity index (χ4v) is 4.48. The number of anilines is 1. The van der Waals surface area contributed by atoms with Crippen LogP contribution in [0, 0.1) is 11.2 Å². The third-order valence-corrected chi connectivity index (χ3v) is 5.87. The second kappa shape index (κ2) is 6.05. The van der Waals surface area contributed by atoms with Gasteiger partial charge in [-0.2, -0.15) is 0 Å². The topological polar surface area (TPSA) is 3.24 Å². The first-order valence-corrected chi connectivity index (χ1v) is 8.95. The van der Waals surface area contributed by atoms with E-state index in [9.17, 15) is 4.39 Å². The zero-order valence-corrected chi connectivity index (χ0v) is 13.6. The highest BCUT2D eigenvalue weighted by atomic mass is 79.9. The monoisotopic (exact) mass is 339 g/mol. The van der Waals surface area contributed by atoms with Crippen molar-refractivity contribution in [1.82, 2.24) is 0 Å². The van der Waals surface area contributed by atoms with Crippen molar-refractivity contribution in [2.45, 2.75) is 50.3 Å². The zero-order chi connectivity index (χ0) is 14.0. The molecule has 1 aliphatic carbocycles.